The Morgan fingerprint density at radius 2 is 2.32 bits per heavy atom. The molecule has 0 saturated carbocycles. The average Bonchev–Trinajstić information content (AvgIpc) is 3.26. The van der Waals surface area contributed by atoms with Crippen molar-refractivity contribution in [2.24, 2.45) is 0 Å². The van der Waals surface area contributed by atoms with Crippen LogP contribution >= 0.6 is 11.3 Å². The number of nitrogens with zero attached hydrogens (tertiary/aromatic N) is 1. The van der Waals surface area contributed by atoms with E-state index < -0.39 is 5.60 Å². The lowest BCUT2D eigenvalue weighted by atomic mass is 10.0. The highest BCUT2D eigenvalue weighted by atomic mass is 32.1. The van der Waals surface area contributed by atoms with Crippen LogP contribution in [0.3, 0.4) is 0 Å². The fraction of sp³-hybridized carbons (Fsp3) is 0.200. The van der Waals surface area contributed by atoms with Gasteiger partial charge >= 0.3 is 0 Å². The van der Waals surface area contributed by atoms with Gasteiger partial charge in [0.2, 0.25) is 0 Å². The topological polar surface area (TPSA) is 88.5 Å². The van der Waals surface area contributed by atoms with Crippen LogP contribution in [-0.2, 0) is 5.60 Å². The van der Waals surface area contributed by atoms with Crippen molar-refractivity contribution in [1.29, 1.82) is 0 Å². The number of carbonyl (C=O) groups is 1. The van der Waals surface area contributed by atoms with Crippen molar-refractivity contribution >= 4 is 17.2 Å². The smallest absolute Gasteiger partial charge is 0.270 e. The molecule has 0 aliphatic heterocycles. The Balaban J connectivity index is 1.65. The Kier molecular flexibility index (Phi) is 3.82. The maximum absolute atomic E-state index is 12.1. The third-order valence-corrected chi connectivity index (χ3v) is 4.04. The molecule has 1 unspecified atom stereocenters. The van der Waals surface area contributed by atoms with Crippen molar-refractivity contribution in [2.45, 2.75) is 12.5 Å². The molecule has 0 radical (unpaired) electrons. The molecule has 3 rings (SSSR count). The minimum absolute atomic E-state index is 0.0257. The summed E-state index contributed by atoms with van der Waals surface area (Å²) >= 11 is 1.35. The minimum Gasteiger partial charge on any atom is -0.472 e. The number of furan rings is 2. The Hall–Kier alpha value is -2.38. The van der Waals surface area contributed by atoms with Crippen molar-refractivity contribution in [3.63, 3.8) is 0 Å². The lowest BCUT2D eigenvalue weighted by Crippen LogP contribution is -2.38. The Bertz CT molecular complexity index is 744. The normalized spacial score (nSPS) is 13.7. The Morgan fingerprint density at radius 1 is 1.45 bits per heavy atom. The van der Waals surface area contributed by atoms with Crippen LogP contribution in [0.2, 0.25) is 0 Å². The van der Waals surface area contributed by atoms with Gasteiger partial charge in [-0.15, -0.1) is 11.3 Å². The van der Waals surface area contributed by atoms with Gasteiger partial charge in [-0.25, -0.2) is 4.98 Å². The van der Waals surface area contributed by atoms with Crippen LogP contribution in [0.15, 0.2) is 51.2 Å². The number of amides is 1. The van der Waals surface area contributed by atoms with Gasteiger partial charge in [0.15, 0.2) is 0 Å². The zero-order chi connectivity index (χ0) is 15.6. The van der Waals surface area contributed by atoms with Crippen LogP contribution in [0, 0.1) is 0 Å². The summed E-state index contributed by atoms with van der Waals surface area (Å²) in [7, 11) is 0. The van der Waals surface area contributed by atoms with Crippen molar-refractivity contribution in [1.82, 2.24) is 10.3 Å². The molecule has 7 heteroatoms. The summed E-state index contributed by atoms with van der Waals surface area (Å²) in [5.41, 5.74) is -0.147. The fourth-order valence-corrected chi connectivity index (χ4v) is 2.70. The molecule has 2 N–H and O–H groups in total. The monoisotopic (exact) mass is 318 g/mol. The SMILES string of the molecule is CC(O)(CNC(=O)c1csc(-c2ccoc2)n1)c1ccco1. The van der Waals surface area contributed by atoms with E-state index >= 15 is 0 Å². The molecule has 0 aromatic carbocycles. The molecule has 0 aliphatic carbocycles. The molecule has 1 amide bonds. The van der Waals surface area contributed by atoms with Crippen LogP contribution in [-0.4, -0.2) is 22.5 Å². The van der Waals surface area contributed by atoms with Gasteiger partial charge in [-0.2, -0.15) is 0 Å². The summed E-state index contributed by atoms with van der Waals surface area (Å²) in [6, 6.07) is 5.12. The molecule has 1 atom stereocenters. The molecular formula is C15H14N2O4S. The molecule has 0 fully saturated rings. The molecule has 114 valence electrons. The predicted octanol–water partition coefficient (Wildman–Crippen LogP) is 2.63. The van der Waals surface area contributed by atoms with Gasteiger partial charge in [0.25, 0.3) is 5.91 Å². The van der Waals surface area contributed by atoms with E-state index in [2.05, 4.69) is 10.3 Å². The van der Waals surface area contributed by atoms with E-state index in [0.29, 0.717) is 16.5 Å². The minimum atomic E-state index is -1.28. The summed E-state index contributed by atoms with van der Waals surface area (Å²) in [4.78, 5) is 16.4. The van der Waals surface area contributed by atoms with Crippen molar-refractivity contribution in [3.05, 3.63) is 53.8 Å². The molecule has 0 saturated heterocycles. The van der Waals surface area contributed by atoms with Crippen molar-refractivity contribution in [3.8, 4) is 10.6 Å². The van der Waals surface area contributed by atoms with E-state index in [9.17, 15) is 9.90 Å². The number of carbonyl (C=O) groups excluding carboxylic acids is 1. The number of aliphatic hydroxyl groups is 1. The van der Waals surface area contributed by atoms with Crippen LogP contribution in [0.5, 0.6) is 0 Å². The van der Waals surface area contributed by atoms with Gasteiger partial charge in [-0.05, 0) is 25.1 Å². The zero-order valence-electron chi connectivity index (χ0n) is 11.8. The number of aromatic nitrogens is 1. The van der Waals surface area contributed by atoms with Gasteiger partial charge < -0.3 is 19.3 Å². The van der Waals surface area contributed by atoms with Gasteiger partial charge in [0.05, 0.1) is 19.1 Å². The van der Waals surface area contributed by atoms with Crippen molar-refractivity contribution < 1.29 is 18.7 Å². The largest absolute Gasteiger partial charge is 0.472 e. The molecule has 22 heavy (non-hydrogen) atoms. The highest BCUT2D eigenvalue weighted by Gasteiger charge is 2.27. The Labute approximate surface area is 130 Å². The first-order valence-electron chi connectivity index (χ1n) is 6.59. The first-order chi connectivity index (χ1) is 10.6. The number of rotatable bonds is 5. The second-order valence-electron chi connectivity index (χ2n) is 4.98. The quantitative estimate of drug-likeness (QED) is 0.755. The molecule has 3 aromatic heterocycles. The lowest BCUT2D eigenvalue weighted by Gasteiger charge is -2.20. The van der Waals surface area contributed by atoms with E-state index in [1.807, 2.05) is 0 Å². The maximum atomic E-state index is 12.1. The van der Waals surface area contributed by atoms with Gasteiger partial charge in [0.1, 0.15) is 28.3 Å². The number of nitrogens with one attached hydrogen (secondary N) is 1. The summed E-state index contributed by atoms with van der Waals surface area (Å²) in [5, 5.41) is 15.3. The van der Waals surface area contributed by atoms with Gasteiger partial charge in [0, 0.05) is 10.9 Å². The summed E-state index contributed by atoms with van der Waals surface area (Å²) < 4.78 is 10.2. The molecule has 0 spiro atoms. The molecule has 3 heterocycles. The lowest BCUT2D eigenvalue weighted by molar-refractivity contribution is 0.0329. The zero-order valence-corrected chi connectivity index (χ0v) is 12.6. The number of thiazole rings is 1. The highest BCUT2D eigenvalue weighted by molar-refractivity contribution is 7.13. The van der Waals surface area contributed by atoms with E-state index in [4.69, 9.17) is 8.83 Å². The molecule has 0 bridgehead atoms. The maximum Gasteiger partial charge on any atom is 0.270 e. The van der Waals surface area contributed by atoms with Crippen LogP contribution in [0.1, 0.15) is 23.2 Å². The first-order valence-corrected chi connectivity index (χ1v) is 7.47. The molecule has 0 aliphatic rings. The van der Waals surface area contributed by atoms with Crippen LogP contribution in [0.4, 0.5) is 0 Å². The van der Waals surface area contributed by atoms with Crippen LogP contribution in [0.25, 0.3) is 10.6 Å². The van der Waals surface area contributed by atoms with E-state index in [0.717, 1.165) is 5.56 Å². The summed E-state index contributed by atoms with van der Waals surface area (Å²) in [6.45, 7) is 1.60. The summed E-state index contributed by atoms with van der Waals surface area (Å²) in [6.07, 6.45) is 4.60. The second kappa shape index (κ2) is 5.78. The molecule has 3 aromatic rings. The summed E-state index contributed by atoms with van der Waals surface area (Å²) in [5.74, 6) is 0.0444. The number of hydrogen-bond acceptors (Lipinski definition) is 6. The third kappa shape index (κ3) is 2.95. The highest BCUT2D eigenvalue weighted by Crippen LogP contribution is 2.24. The first kappa shape index (κ1) is 14.6. The van der Waals surface area contributed by atoms with Crippen LogP contribution < -0.4 is 5.32 Å². The average molecular weight is 318 g/mol. The fourth-order valence-electron chi connectivity index (χ4n) is 1.91. The van der Waals surface area contributed by atoms with Gasteiger partial charge in [-0.1, -0.05) is 0 Å². The van der Waals surface area contributed by atoms with E-state index in [-0.39, 0.29) is 12.5 Å². The van der Waals surface area contributed by atoms with Crippen molar-refractivity contribution in [2.75, 3.05) is 6.54 Å². The van der Waals surface area contributed by atoms with Gasteiger partial charge in [-0.3, -0.25) is 4.79 Å². The predicted molar refractivity (Wildman–Crippen MR) is 80.4 cm³/mol. The number of hydrogen-bond donors (Lipinski definition) is 2. The second-order valence-corrected chi connectivity index (χ2v) is 5.84. The Morgan fingerprint density at radius 3 is 3.00 bits per heavy atom. The van der Waals surface area contributed by atoms with E-state index in [1.165, 1.54) is 17.6 Å². The third-order valence-electron chi connectivity index (χ3n) is 3.15. The molecular weight excluding hydrogens is 304 g/mol. The molecule has 6 nitrogen and oxygen atoms in total. The van der Waals surface area contributed by atoms with E-state index in [1.54, 1.807) is 43.0 Å². The standard InChI is InChI=1S/C15H14N2O4S/c1-15(19,12-3-2-5-21-12)9-16-13(18)11-8-22-14(17-11)10-4-6-20-7-10/h2-8,19H,9H2,1H3,(H,16,18).